The molecule has 0 saturated heterocycles. The molecule has 0 radical (unpaired) electrons. The maximum absolute atomic E-state index is 14.0. The first kappa shape index (κ1) is 14.3. The number of carbonyl (C=O) groups excluding carboxylic acids is 1. The summed E-state index contributed by atoms with van der Waals surface area (Å²) in [6, 6.07) is 8.04. The van der Waals surface area contributed by atoms with Crippen molar-refractivity contribution in [3.05, 3.63) is 64.0 Å². The molecule has 2 rings (SSSR count). The first-order chi connectivity index (χ1) is 9.43. The lowest BCUT2D eigenvalue weighted by Gasteiger charge is -2.10. The number of methoxy groups -OCH3 is 1. The maximum Gasteiger partial charge on any atom is 0.196 e. The zero-order chi connectivity index (χ0) is 14.9. The average molecular weight is 272 g/mol. The minimum Gasteiger partial charge on any atom is -0.497 e. The summed E-state index contributed by atoms with van der Waals surface area (Å²) < 4.78 is 18.9. The molecule has 2 aromatic carbocycles. The van der Waals surface area contributed by atoms with Crippen molar-refractivity contribution in [3.63, 3.8) is 0 Å². The number of hydrogen-bond donors (Lipinski definition) is 0. The zero-order valence-corrected chi connectivity index (χ0v) is 12.1. The summed E-state index contributed by atoms with van der Waals surface area (Å²) in [5.74, 6) is -0.464. The zero-order valence-electron chi connectivity index (χ0n) is 12.1. The fraction of sp³-hybridized carbons (Fsp3) is 0.235. The van der Waals surface area contributed by atoms with E-state index in [4.69, 9.17) is 4.74 Å². The van der Waals surface area contributed by atoms with E-state index in [9.17, 15) is 9.18 Å². The van der Waals surface area contributed by atoms with E-state index in [-0.39, 0.29) is 11.3 Å². The van der Waals surface area contributed by atoms with Crippen molar-refractivity contribution in [1.82, 2.24) is 0 Å². The van der Waals surface area contributed by atoms with Gasteiger partial charge in [0, 0.05) is 11.6 Å². The van der Waals surface area contributed by atoms with Crippen LogP contribution in [0, 0.1) is 26.6 Å². The quantitative estimate of drug-likeness (QED) is 0.790. The van der Waals surface area contributed by atoms with Gasteiger partial charge >= 0.3 is 0 Å². The molecule has 2 nitrogen and oxygen atoms in total. The van der Waals surface area contributed by atoms with Crippen LogP contribution in [0.2, 0.25) is 0 Å². The van der Waals surface area contributed by atoms with Gasteiger partial charge in [0.2, 0.25) is 0 Å². The molecular formula is C17H17FO2. The second-order valence-electron chi connectivity index (χ2n) is 4.93. The van der Waals surface area contributed by atoms with Crippen molar-refractivity contribution in [2.45, 2.75) is 20.8 Å². The minimum absolute atomic E-state index is 0.0668. The normalized spacial score (nSPS) is 10.4. The first-order valence-electron chi connectivity index (χ1n) is 6.40. The lowest BCUT2D eigenvalue weighted by Crippen LogP contribution is -2.07. The van der Waals surface area contributed by atoms with E-state index in [1.165, 1.54) is 19.2 Å². The summed E-state index contributed by atoms with van der Waals surface area (Å²) in [6.07, 6.45) is 0. The number of carbonyl (C=O) groups is 1. The molecule has 3 heteroatoms. The molecule has 0 aliphatic carbocycles. The molecule has 0 fully saturated rings. The van der Waals surface area contributed by atoms with Gasteiger partial charge in [0.1, 0.15) is 11.6 Å². The van der Waals surface area contributed by atoms with Crippen LogP contribution in [0.15, 0.2) is 30.3 Å². The molecule has 0 aliphatic heterocycles. The molecule has 0 heterocycles. The van der Waals surface area contributed by atoms with Crippen LogP contribution >= 0.6 is 0 Å². The van der Waals surface area contributed by atoms with Gasteiger partial charge in [-0.3, -0.25) is 4.79 Å². The van der Waals surface area contributed by atoms with Gasteiger partial charge in [0.15, 0.2) is 5.78 Å². The summed E-state index contributed by atoms with van der Waals surface area (Å²) in [7, 11) is 1.46. The number of hydrogen-bond acceptors (Lipinski definition) is 2. The molecule has 0 atom stereocenters. The SMILES string of the molecule is COc1ccc(C(=O)c2cc(C)c(C)cc2C)c(F)c1. The third-order valence-corrected chi connectivity index (χ3v) is 3.51. The molecular weight excluding hydrogens is 255 g/mol. The van der Waals surface area contributed by atoms with Gasteiger partial charge in [0.25, 0.3) is 0 Å². The van der Waals surface area contributed by atoms with Gasteiger partial charge < -0.3 is 4.74 Å². The van der Waals surface area contributed by atoms with Crippen LogP contribution < -0.4 is 4.74 Å². The topological polar surface area (TPSA) is 26.3 Å². The van der Waals surface area contributed by atoms with Crippen LogP contribution in [-0.4, -0.2) is 12.9 Å². The van der Waals surface area contributed by atoms with E-state index >= 15 is 0 Å². The fourth-order valence-corrected chi connectivity index (χ4v) is 2.16. The number of rotatable bonds is 3. The average Bonchev–Trinajstić information content (AvgIpc) is 2.42. The maximum atomic E-state index is 14.0. The molecule has 0 aromatic heterocycles. The minimum atomic E-state index is -0.563. The van der Waals surface area contributed by atoms with Gasteiger partial charge in [-0.2, -0.15) is 0 Å². The van der Waals surface area contributed by atoms with Gasteiger partial charge in [0.05, 0.1) is 12.7 Å². The van der Waals surface area contributed by atoms with Crippen molar-refractivity contribution >= 4 is 5.78 Å². The monoisotopic (exact) mass is 272 g/mol. The molecule has 0 aliphatic rings. The van der Waals surface area contributed by atoms with E-state index in [1.807, 2.05) is 32.9 Å². The van der Waals surface area contributed by atoms with Crippen LogP contribution in [0.3, 0.4) is 0 Å². The van der Waals surface area contributed by atoms with Crippen molar-refractivity contribution in [1.29, 1.82) is 0 Å². The predicted molar refractivity (Wildman–Crippen MR) is 77.0 cm³/mol. The molecule has 104 valence electrons. The molecule has 0 amide bonds. The van der Waals surface area contributed by atoms with Gasteiger partial charge in [-0.15, -0.1) is 0 Å². The summed E-state index contributed by atoms with van der Waals surface area (Å²) >= 11 is 0. The second kappa shape index (κ2) is 5.45. The Morgan fingerprint density at radius 3 is 2.20 bits per heavy atom. The highest BCUT2D eigenvalue weighted by atomic mass is 19.1. The van der Waals surface area contributed by atoms with Crippen LogP contribution in [0.4, 0.5) is 4.39 Å². The lowest BCUT2D eigenvalue weighted by molar-refractivity contribution is 0.103. The standard InChI is InChI=1S/C17H17FO2/c1-10-7-12(3)15(8-11(10)2)17(19)14-6-5-13(20-4)9-16(14)18/h5-9H,1-4H3. The summed E-state index contributed by atoms with van der Waals surface area (Å²) in [6.45, 7) is 5.79. The van der Waals surface area contributed by atoms with E-state index in [0.29, 0.717) is 11.3 Å². The van der Waals surface area contributed by atoms with Crippen molar-refractivity contribution < 1.29 is 13.9 Å². The molecule has 20 heavy (non-hydrogen) atoms. The van der Waals surface area contributed by atoms with Crippen molar-refractivity contribution in [2.24, 2.45) is 0 Å². The first-order valence-corrected chi connectivity index (χ1v) is 6.40. The largest absolute Gasteiger partial charge is 0.497 e. The third kappa shape index (κ3) is 2.57. The fourth-order valence-electron chi connectivity index (χ4n) is 2.16. The molecule has 0 N–H and O–H groups in total. The lowest BCUT2D eigenvalue weighted by atomic mass is 9.94. The Labute approximate surface area is 118 Å². The molecule has 0 bridgehead atoms. The number of ether oxygens (including phenoxy) is 1. The van der Waals surface area contributed by atoms with Gasteiger partial charge in [-0.05, 0) is 55.7 Å². The van der Waals surface area contributed by atoms with E-state index < -0.39 is 5.82 Å². The third-order valence-electron chi connectivity index (χ3n) is 3.51. The number of ketones is 1. The highest BCUT2D eigenvalue weighted by Gasteiger charge is 2.17. The number of halogens is 1. The van der Waals surface area contributed by atoms with Crippen LogP contribution in [-0.2, 0) is 0 Å². The second-order valence-corrected chi connectivity index (χ2v) is 4.93. The number of benzene rings is 2. The Morgan fingerprint density at radius 1 is 0.950 bits per heavy atom. The number of aryl methyl sites for hydroxylation is 3. The predicted octanol–water partition coefficient (Wildman–Crippen LogP) is 3.99. The Hall–Kier alpha value is -2.16. The summed E-state index contributed by atoms with van der Waals surface area (Å²) in [5.41, 5.74) is 3.60. The van der Waals surface area contributed by atoms with Crippen molar-refractivity contribution in [2.75, 3.05) is 7.11 Å². The molecule has 2 aromatic rings. The Balaban J connectivity index is 2.49. The van der Waals surface area contributed by atoms with E-state index in [0.717, 1.165) is 16.7 Å². The Morgan fingerprint density at radius 2 is 1.60 bits per heavy atom. The van der Waals surface area contributed by atoms with E-state index in [1.54, 1.807) is 6.07 Å². The molecule has 0 spiro atoms. The van der Waals surface area contributed by atoms with Crippen molar-refractivity contribution in [3.8, 4) is 5.75 Å². The molecule has 0 unspecified atom stereocenters. The van der Waals surface area contributed by atoms with Crippen LogP contribution in [0.25, 0.3) is 0 Å². The van der Waals surface area contributed by atoms with Gasteiger partial charge in [-0.25, -0.2) is 4.39 Å². The van der Waals surface area contributed by atoms with E-state index in [2.05, 4.69) is 0 Å². The van der Waals surface area contributed by atoms with Crippen LogP contribution in [0.5, 0.6) is 5.75 Å². The highest BCUT2D eigenvalue weighted by molar-refractivity contribution is 6.10. The van der Waals surface area contributed by atoms with Gasteiger partial charge in [-0.1, -0.05) is 6.07 Å². The highest BCUT2D eigenvalue weighted by Crippen LogP contribution is 2.22. The smallest absolute Gasteiger partial charge is 0.196 e. The summed E-state index contributed by atoms with van der Waals surface area (Å²) in [5, 5.41) is 0. The molecule has 0 saturated carbocycles. The summed E-state index contributed by atoms with van der Waals surface area (Å²) in [4.78, 5) is 12.5. The Bertz CT molecular complexity index is 675. The van der Waals surface area contributed by atoms with Crippen LogP contribution in [0.1, 0.15) is 32.6 Å². The Kier molecular flexibility index (Phi) is 3.89.